The van der Waals surface area contributed by atoms with Crippen LogP contribution in [0.4, 0.5) is 5.69 Å². The molecular weight excluding hydrogens is 230 g/mol. The molecule has 0 fully saturated rings. The number of rotatable bonds is 1. The quantitative estimate of drug-likeness (QED) is 0.591. The number of hydrogen-bond donors (Lipinski definition) is 2. The Hall–Kier alpha value is -1.13. The van der Waals surface area contributed by atoms with Crippen LogP contribution in [-0.2, 0) is 0 Å². The molecule has 1 aromatic heterocycles. The maximum absolute atomic E-state index is 5.37. The van der Waals surface area contributed by atoms with E-state index < -0.39 is 0 Å². The molecule has 3 N–H and O–H groups in total. The molecule has 66 valence electrons. The summed E-state index contributed by atoms with van der Waals surface area (Å²) >= 11 is 3.43. The Balaban J connectivity index is 2.84. The van der Waals surface area contributed by atoms with E-state index in [1.165, 1.54) is 0 Å². The number of hydrazine groups is 1. The highest BCUT2D eigenvalue weighted by Gasteiger charge is 2.02. The van der Waals surface area contributed by atoms with Crippen molar-refractivity contribution in [2.24, 2.45) is 5.84 Å². The molecule has 0 amide bonds. The maximum atomic E-state index is 5.37. The summed E-state index contributed by atoms with van der Waals surface area (Å²) in [4.78, 5) is 4.25. The van der Waals surface area contributed by atoms with Crippen LogP contribution in [-0.4, -0.2) is 4.98 Å². The van der Waals surface area contributed by atoms with Crippen LogP contribution in [0.2, 0.25) is 0 Å². The largest absolute Gasteiger partial charge is 0.323 e. The number of nitrogens with zero attached hydrogens (tertiary/aromatic N) is 1. The second-order valence-corrected chi connectivity index (χ2v) is 3.49. The Morgan fingerprint density at radius 2 is 2.15 bits per heavy atom. The van der Waals surface area contributed by atoms with E-state index in [1.54, 1.807) is 6.20 Å². The number of anilines is 1. The SMILES string of the molecule is NNc1ccc(Br)c2ncccc12. The molecule has 0 saturated carbocycles. The van der Waals surface area contributed by atoms with Gasteiger partial charge in [-0.3, -0.25) is 10.8 Å². The zero-order chi connectivity index (χ0) is 9.26. The van der Waals surface area contributed by atoms with Crippen LogP contribution in [0.3, 0.4) is 0 Å². The first-order valence-corrected chi connectivity index (χ1v) is 4.62. The predicted molar refractivity (Wildman–Crippen MR) is 57.3 cm³/mol. The second kappa shape index (κ2) is 3.32. The van der Waals surface area contributed by atoms with Crippen molar-refractivity contribution in [3.63, 3.8) is 0 Å². The monoisotopic (exact) mass is 237 g/mol. The fraction of sp³-hybridized carbons (Fsp3) is 0. The number of aromatic nitrogens is 1. The lowest BCUT2D eigenvalue weighted by atomic mass is 10.2. The molecule has 2 rings (SSSR count). The van der Waals surface area contributed by atoms with Gasteiger partial charge in [0.05, 0.1) is 11.2 Å². The molecule has 1 heterocycles. The first kappa shape index (κ1) is 8.47. The first-order valence-electron chi connectivity index (χ1n) is 3.83. The topological polar surface area (TPSA) is 50.9 Å². The number of nitrogen functional groups attached to an aromatic ring is 1. The molecule has 0 aliphatic heterocycles. The lowest BCUT2D eigenvalue weighted by Crippen LogP contribution is -2.07. The summed E-state index contributed by atoms with van der Waals surface area (Å²) < 4.78 is 0.974. The molecule has 4 heteroatoms. The lowest BCUT2D eigenvalue weighted by Gasteiger charge is -2.05. The van der Waals surface area contributed by atoms with Crippen LogP contribution in [0.1, 0.15) is 0 Å². The van der Waals surface area contributed by atoms with Crippen molar-refractivity contribution in [3.8, 4) is 0 Å². The van der Waals surface area contributed by atoms with Crippen LogP contribution in [0.5, 0.6) is 0 Å². The number of pyridine rings is 1. The van der Waals surface area contributed by atoms with Gasteiger partial charge in [0, 0.05) is 16.1 Å². The highest BCUT2D eigenvalue weighted by atomic mass is 79.9. The number of nitrogens with two attached hydrogens (primary N) is 1. The predicted octanol–water partition coefficient (Wildman–Crippen LogP) is 2.28. The fourth-order valence-corrected chi connectivity index (χ4v) is 1.71. The zero-order valence-electron chi connectivity index (χ0n) is 6.79. The molecule has 0 aliphatic carbocycles. The van der Waals surface area contributed by atoms with Gasteiger partial charge in [-0.2, -0.15) is 0 Å². The summed E-state index contributed by atoms with van der Waals surface area (Å²) in [7, 11) is 0. The molecule has 0 saturated heterocycles. The highest BCUT2D eigenvalue weighted by Crippen LogP contribution is 2.27. The number of benzene rings is 1. The van der Waals surface area contributed by atoms with Gasteiger partial charge in [0.15, 0.2) is 0 Å². The van der Waals surface area contributed by atoms with Crippen LogP contribution in [0.25, 0.3) is 10.9 Å². The Bertz CT molecular complexity index is 442. The number of nitrogens with one attached hydrogen (secondary N) is 1. The van der Waals surface area contributed by atoms with Gasteiger partial charge in [-0.1, -0.05) is 0 Å². The molecule has 0 spiro atoms. The summed E-state index contributed by atoms with van der Waals surface area (Å²) in [5.41, 5.74) is 4.43. The molecular formula is C9H8BrN3. The maximum Gasteiger partial charge on any atom is 0.0865 e. The van der Waals surface area contributed by atoms with E-state index in [-0.39, 0.29) is 0 Å². The second-order valence-electron chi connectivity index (χ2n) is 2.64. The van der Waals surface area contributed by atoms with Gasteiger partial charge in [-0.05, 0) is 40.2 Å². The molecule has 0 radical (unpaired) electrons. The van der Waals surface area contributed by atoms with Crippen molar-refractivity contribution in [2.45, 2.75) is 0 Å². The fourth-order valence-electron chi connectivity index (χ4n) is 1.26. The summed E-state index contributed by atoms with van der Waals surface area (Å²) in [6.07, 6.45) is 1.76. The van der Waals surface area contributed by atoms with E-state index >= 15 is 0 Å². The van der Waals surface area contributed by atoms with Gasteiger partial charge in [0.1, 0.15) is 0 Å². The molecule has 0 atom stereocenters. The Labute approximate surface area is 84.1 Å². The highest BCUT2D eigenvalue weighted by molar-refractivity contribution is 9.10. The van der Waals surface area contributed by atoms with Crippen molar-refractivity contribution >= 4 is 32.5 Å². The van der Waals surface area contributed by atoms with E-state index in [0.717, 1.165) is 21.1 Å². The van der Waals surface area contributed by atoms with E-state index in [2.05, 4.69) is 26.3 Å². The van der Waals surface area contributed by atoms with E-state index in [0.29, 0.717) is 0 Å². The van der Waals surface area contributed by atoms with Gasteiger partial charge in [0.25, 0.3) is 0 Å². The molecule has 13 heavy (non-hydrogen) atoms. The summed E-state index contributed by atoms with van der Waals surface area (Å²) in [6.45, 7) is 0. The van der Waals surface area contributed by atoms with Crippen LogP contribution in [0, 0.1) is 0 Å². The molecule has 0 unspecified atom stereocenters. The smallest absolute Gasteiger partial charge is 0.0865 e. The Kier molecular flexibility index (Phi) is 2.16. The molecule has 0 aliphatic rings. The standard InChI is InChI=1S/C9H8BrN3/c10-7-3-4-8(13-11)6-2-1-5-12-9(6)7/h1-5,13H,11H2. The Morgan fingerprint density at radius 1 is 1.31 bits per heavy atom. The molecule has 2 aromatic rings. The third kappa shape index (κ3) is 1.38. The number of fused-ring (bicyclic) bond motifs is 1. The number of hydrogen-bond acceptors (Lipinski definition) is 3. The van der Waals surface area contributed by atoms with Crippen molar-refractivity contribution in [1.29, 1.82) is 0 Å². The minimum Gasteiger partial charge on any atom is -0.323 e. The van der Waals surface area contributed by atoms with Gasteiger partial charge < -0.3 is 5.43 Å². The molecule has 1 aromatic carbocycles. The molecule has 3 nitrogen and oxygen atoms in total. The minimum atomic E-state index is 0.881. The Morgan fingerprint density at radius 3 is 2.92 bits per heavy atom. The van der Waals surface area contributed by atoms with Gasteiger partial charge >= 0.3 is 0 Å². The van der Waals surface area contributed by atoms with Gasteiger partial charge in [-0.25, -0.2) is 0 Å². The van der Waals surface area contributed by atoms with Gasteiger partial charge in [-0.15, -0.1) is 0 Å². The number of halogens is 1. The first-order chi connectivity index (χ1) is 6.33. The summed E-state index contributed by atoms with van der Waals surface area (Å²) in [5, 5.41) is 1.01. The van der Waals surface area contributed by atoms with Gasteiger partial charge in [0.2, 0.25) is 0 Å². The average molecular weight is 238 g/mol. The van der Waals surface area contributed by atoms with E-state index in [9.17, 15) is 0 Å². The van der Waals surface area contributed by atoms with E-state index in [1.807, 2.05) is 24.3 Å². The van der Waals surface area contributed by atoms with Crippen LogP contribution >= 0.6 is 15.9 Å². The van der Waals surface area contributed by atoms with E-state index in [4.69, 9.17) is 5.84 Å². The normalized spacial score (nSPS) is 10.3. The van der Waals surface area contributed by atoms with Crippen molar-refractivity contribution in [3.05, 3.63) is 34.9 Å². The third-order valence-electron chi connectivity index (χ3n) is 1.88. The van der Waals surface area contributed by atoms with Crippen molar-refractivity contribution in [2.75, 3.05) is 5.43 Å². The van der Waals surface area contributed by atoms with Crippen molar-refractivity contribution < 1.29 is 0 Å². The summed E-state index contributed by atoms with van der Waals surface area (Å²) in [6, 6.07) is 7.69. The zero-order valence-corrected chi connectivity index (χ0v) is 8.38. The van der Waals surface area contributed by atoms with Crippen LogP contribution < -0.4 is 11.3 Å². The van der Waals surface area contributed by atoms with Crippen LogP contribution in [0.15, 0.2) is 34.9 Å². The molecule has 0 bridgehead atoms. The third-order valence-corrected chi connectivity index (χ3v) is 2.52. The summed E-state index contributed by atoms with van der Waals surface area (Å²) in [5.74, 6) is 5.37. The van der Waals surface area contributed by atoms with Crippen molar-refractivity contribution in [1.82, 2.24) is 4.98 Å². The average Bonchev–Trinajstić information content (AvgIpc) is 2.19. The lowest BCUT2D eigenvalue weighted by molar-refractivity contribution is 1.35. The minimum absolute atomic E-state index is 0.881.